The molecular formula is C13H17BrN6O. The summed E-state index contributed by atoms with van der Waals surface area (Å²) in [5.74, 6) is 0.968. The van der Waals surface area contributed by atoms with Crippen molar-refractivity contribution in [2.45, 2.75) is 13.3 Å². The van der Waals surface area contributed by atoms with Crippen LogP contribution in [0.4, 0.5) is 5.95 Å². The summed E-state index contributed by atoms with van der Waals surface area (Å²) < 4.78 is 2.26. The third-order valence-corrected chi connectivity index (χ3v) is 3.25. The van der Waals surface area contributed by atoms with E-state index in [0.29, 0.717) is 21.9 Å². The summed E-state index contributed by atoms with van der Waals surface area (Å²) in [4.78, 5) is 21.9. The molecule has 0 saturated carbocycles. The van der Waals surface area contributed by atoms with Crippen molar-refractivity contribution in [3.8, 4) is 5.82 Å². The highest BCUT2D eigenvalue weighted by atomic mass is 79.9. The minimum atomic E-state index is -0.150. The van der Waals surface area contributed by atoms with Crippen LogP contribution >= 0.6 is 15.9 Å². The minimum absolute atomic E-state index is 0.150. The number of anilines is 1. The highest BCUT2D eigenvalue weighted by molar-refractivity contribution is 9.10. The Morgan fingerprint density at radius 2 is 2.24 bits per heavy atom. The van der Waals surface area contributed by atoms with Crippen LogP contribution < -0.4 is 5.32 Å². The quantitative estimate of drug-likeness (QED) is 0.889. The molecule has 0 spiro atoms. The molecule has 0 radical (unpaired) electrons. The zero-order valence-corrected chi connectivity index (χ0v) is 13.8. The molecular weight excluding hydrogens is 336 g/mol. The Bertz CT molecular complexity index is 639. The number of rotatable bonds is 5. The van der Waals surface area contributed by atoms with E-state index < -0.39 is 0 Å². The first kappa shape index (κ1) is 15.4. The largest absolute Gasteiger partial charge is 0.354 e. The molecule has 0 unspecified atom stereocenters. The average molecular weight is 353 g/mol. The van der Waals surface area contributed by atoms with Crippen LogP contribution in [0.25, 0.3) is 5.82 Å². The second-order valence-electron chi connectivity index (χ2n) is 4.64. The Kier molecular flexibility index (Phi) is 4.89. The highest BCUT2D eigenvalue weighted by Gasteiger charge is 2.14. The first-order valence-electron chi connectivity index (χ1n) is 6.57. The molecule has 0 saturated heterocycles. The van der Waals surface area contributed by atoms with E-state index in [2.05, 4.69) is 43.2 Å². The molecule has 0 aliphatic rings. The Hall–Kier alpha value is -1.96. The van der Waals surface area contributed by atoms with Gasteiger partial charge in [0.15, 0.2) is 11.5 Å². The fourth-order valence-corrected chi connectivity index (χ4v) is 2.00. The first-order valence-corrected chi connectivity index (χ1v) is 7.36. The van der Waals surface area contributed by atoms with Crippen LogP contribution in [0.1, 0.15) is 23.8 Å². The van der Waals surface area contributed by atoms with E-state index in [-0.39, 0.29) is 5.91 Å². The topological polar surface area (TPSA) is 75.9 Å². The molecule has 0 atom stereocenters. The SMILES string of the molecule is CCCNc1ncc(Br)c(-n2ccc(C(=O)N(C)C)n2)n1. The van der Waals surface area contributed by atoms with Crippen molar-refractivity contribution in [1.82, 2.24) is 24.6 Å². The van der Waals surface area contributed by atoms with E-state index in [4.69, 9.17) is 0 Å². The molecule has 2 aromatic rings. The number of hydrogen-bond acceptors (Lipinski definition) is 5. The predicted octanol–water partition coefficient (Wildman–Crippen LogP) is 1.95. The fraction of sp³-hybridized carbons (Fsp3) is 0.385. The molecule has 0 aliphatic heterocycles. The zero-order chi connectivity index (χ0) is 15.4. The van der Waals surface area contributed by atoms with Gasteiger partial charge in [-0.25, -0.2) is 9.67 Å². The Labute approximate surface area is 131 Å². The van der Waals surface area contributed by atoms with Crippen molar-refractivity contribution in [2.75, 3.05) is 26.0 Å². The van der Waals surface area contributed by atoms with Gasteiger partial charge in [0, 0.05) is 33.0 Å². The summed E-state index contributed by atoms with van der Waals surface area (Å²) >= 11 is 3.40. The van der Waals surface area contributed by atoms with Crippen LogP contribution in [0.5, 0.6) is 0 Å². The molecule has 112 valence electrons. The van der Waals surface area contributed by atoms with E-state index in [1.165, 1.54) is 4.90 Å². The van der Waals surface area contributed by atoms with Gasteiger partial charge in [0.2, 0.25) is 5.95 Å². The molecule has 2 rings (SSSR count). The first-order chi connectivity index (χ1) is 10.0. The van der Waals surface area contributed by atoms with Crippen LogP contribution in [0.2, 0.25) is 0 Å². The number of amides is 1. The van der Waals surface area contributed by atoms with Gasteiger partial charge in [-0.3, -0.25) is 4.79 Å². The monoisotopic (exact) mass is 352 g/mol. The van der Waals surface area contributed by atoms with Crippen molar-refractivity contribution in [3.63, 3.8) is 0 Å². The molecule has 21 heavy (non-hydrogen) atoms. The summed E-state index contributed by atoms with van der Waals surface area (Å²) in [6.07, 6.45) is 4.35. The number of hydrogen-bond donors (Lipinski definition) is 1. The molecule has 0 aliphatic carbocycles. The smallest absolute Gasteiger partial charge is 0.273 e. The highest BCUT2D eigenvalue weighted by Crippen LogP contribution is 2.19. The number of nitrogens with zero attached hydrogens (tertiary/aromatic N) is 5. The van der Waals surface area contributed by atoms with Gasteiger partial charge in [-0.1, -0.05) is 6.92 Å². The second-order valence-corrected chi connectivity index (χ2v) is 5.49. The van der Waals surface area contributed by atoms with Crippen molar-refractivity contribution in [2.24, 2.45) is 0 Å². The van der Waals surface area contributed by atoms with E-state index in [1.807, 2.05) is 0 Å². The maximum atomic E-state index is 11.9. The van der Waals surface area contributed by atoms with Crippen LogP contribution in [-0.2, 0) is 0 Å². The fourth-order valence-electron chi connectivity index (χ4n) is 1.63. The lowest BCUT2D eigenvalue weighted by molar-refractivity contribution is 0.0821. The molecule has 1 amide bonds. The Morgan fingerprint density at radius 1 is 1.48 bits per heavy atom. The number of halogens is 1. The summed E-state index contributed by atoms with van der Waals surface area (Å²) in [6.45, 7) is 2.87. The van der Waals surface area contributed by atoms with Gasteiger partial charge in [0.25, 0.3) is 5.91 Å². The Morgan fingerprint density at radius 3 is 2.90 bits per heavy atom. The van der Waals surface area contributed by atoms with Crippen molar-refractivity contribution < 1.29 is 4.79 Å². The maximum Gasteiger partial charge on any atom is 0.273 e. The summed E-state index contributed by atoms with van der Waals surface area (Å²) in [5.41, 5.74) is 0.369. The standard InChI is InChI=1S/C13H17BrN6O/c1-4-6-15-13-16-8-9(14)11(17-13)20-7-5-10(18-20)12(21)19(2)3/h5,7-8H,4,6H2,1-3H3,(H,15,16,17). The summed E-state index contributed by atoms with van der Waals surface area (Å²) in [7, 11) is 3.38. The number of aromatic nitrogens is 4. The maximum absolute atomic E-state index is 11.9. The second kappa shape index (κ2) is 6.66. The summed E-state index contributed by atoms with van der Waals surface area (Å²) in [6, 6.07) is 1.66. The van der Waals surface area contributed by atoms with Gasteiger partial charge in [-0.15, -0.1) is 0 Å². The molecule has 2 aromatic heterocycles. The number of carbonyl (C=O) groups is 1. The van der Waals surface area contributed by atoms with Crippen molar-refractivity contribution in [1.29, 1.82) is 0 Å². The van der Waals surface area contributed by atoms with E-state index in [0.717, 1.165) is 13.0 Å². The number of carbonyl (C=O) groups excluding carboxylic acids is 1. The zero-order valence-electron chi connectivity index (χ0n) is 12.2. The normalized spacial score (nSPS) is 10.5. The molecule has 0 bridgehead atoms. The minimum Gasteiger partial charge on any atom is -0.354 e. The molecule has 7 nitrogen and oxygen atoms in total. The molecule has 8 heteroatoms. The van der Waals surface area contributed by atoms with Crippen LogP contribution in [0, 0.1) is 0 Å². The summed E-state index contributed by atoms with van der Waals surface area (Å²) in [5, 5.41) is 7.38. The van der Waals surface area contributed by atoms with Gasteiger partial charge in [-0.05, 0) is 28.4 Å². The Balaban J connectivity index is 2.31. The van der Waals surface area contributed by atoms with Gasteiger partial charge in [0.05, 0.1) is 4.47 Å². The lowest BCUT2D eigenvalue weighted by Crippen LogP contribution is -2.22. The third kappa shape index (κ3) is 3.57. The van der Waals surface area contributed by atoms with Gasteiger partial charge >= 0.3 is 0 Å². The van der Waals surface area contributed by atoms with Gasteiger partial charge in [0.1, 0.15) is 0 Å². The average Bonchev–Trinajstić information content (AvgIpc) is 2.95. The van der Waals surface area contributed by atoms with Crippen LogP contribution in [0.3, 0.4) is 0 Å². The molecule has 2 heterocycles. The lowest BCUT2D eigenvalue weighted by Gasteiger charge is -2.08. The lowest BCUT2D eigenvalue weighted by atomic mass is 10.4. The van der Waals surface area contributed by atoms with E-state index in [1.54, 1.807) is 37.2 Å². The van der Waals surface area contributed by atoms with Gasteiger partial charge in [-0.2, -0.15) is 10.1 Å². The van der Waals surface area contributed by atoms with Crippen LogP contribution in [0.15, 0.2) is 22.9 Å². The van der Waals surface area contributed by atoms with E-state index >= 15 is 0 Å². The molecule has 0 aromatic carbocycles. The van der Waals surface area contributed by atoms with Crippen molar-refractivity contribution >= 4 is 27.8 Å². The molecule has 1 N–H and O–H groups in total. The van der Waals surface area contributed by atoms with Crippen molar-refractivity contribution in [3.05, 3.63) is 28.6 Å². The van der Waals surface area contributed by atoms with Crippen LogP contribution in [-0.4, -0.2) is 51.2 Å². The van der Waals surface area contributed by atoms with Gasteiger partial charge < -0.3 is 10.2 Å². The third-order valence-electron chi connectivity index (χ3n) is 2.69. The van der Waals surface area contributed by atoms with E-state index in [9.17, 15) is 4.79 Å². The predicted molar refractivity (Wildman–Crippen MR) is 83.7 cm³/mol. The number of nitrogens with one attached hydrogen (secondary N) is 1. The molecule has 0 fully saturated rings.